The summed E-state index contributed by atoms with van der Waals surface area (Å²) in [5, 5.41) is 1.46. The summed E-state index contributed by atoms with van der Waals surface area (Å²) in [6.07, 6.45) is 1.88. The van der Waals surface area contributed by atoms with Gasteiger partial charge >= 0.3 is 0 Å². The largest absolute Gasteiger partial charge is 0.107 e. The van der Waals surface area contributed by atoms with Crippen molar-refractivity contribution in [2.24, 2.45) is 0 Å². The van der Waals surface area contributed by atoms with Gasteiger partial charge in [0.1, 0.15) is 0 Å². The van der Waals surface area contributed by atoms with Crippen molar-refractivity contribution in [1.82, 2.24) is 0 Å². The highest BCUT2D eigenvalue weighted by Gasteiger charge is 2.09. The molecule has 1 heteroatoms. The third-order valence-electron chi connectivity index (χ3n) is 3.18. The average Bonchev–Trinajstić information content (AvgIpc) is 2.46. The van der Waals surface area contributed by atoms with Crippen LogP contribution in [0.25, 0.3) is 6.08 Å². The Bertz CT molecular complexity index is 511. The summed E-state index contributed by atoms with van der Waals surface area (Å²) in [7, 11) is -1.08. The molecule has 0 heterocycles. The highest BCUT2D eigenvalue weighted by atomic mass is 28.3. The monoisotopic (exact) mass is 250 g/mol. The molecule has 0 spiro atoms. The maximum Gasteiger partial charge on any atom is 0.0977 e. The minimum Gasteiger partial charge on any atom is -0.107 e. The molecule has 1 atom stereocenters. The topological polar surface area (TPSA) is 0 Å². The predicted molar refractivity (Wildman–Crippen MR) is 83.7 cm³/mol. The van der Waals surface area contributed by atoms with E-state index in [9.17, 15) is 0 Å². The van der Waals surface area contributed by atoms with E-state index in [2.05, 4.69) is 73.5 Å². The van der Waals surface area contributed by atoms with Crippen molar-refractivity contribution in [3.63, 3.8) is 0 Å². The van der Waals surface area contributed by atoms with Crippen molar-refractivity contribution in [3.8, 4) is 0 Å². The van der Waals surface area contributed by atoms with Gasteiger partial charge in [0.2, 0.25) is 0 Å². The zero-order valence-corrected chi connectivity index (χ0v) is 11.7. The van der Waals surface area contributed by atoms with Gasteiger partial charge in [-0.2, -0.15) is 0 Å². The van der Waals surface area contributed by atoms with E-state index in [1.54, 1.807) is 0 Å². The third-order valence-corrected chi connectivity index (χ3v) is 5.90. The number of rotatable bonds is 5. The van der Waals surface area contributed by atoms with Crippen LogP contribution in [0.4, 0.5) is 0 Å². The minimum absolute atomic E-state index is 1.08. The molecule has 0 bridgehead atoms. The Labute approximate surface area is 111 Å². The standard InChI is InChI=1S/C17H18Si/c1-3-15-10-12-16(13-11-15)14-18(4-2)17-8-6-5-7-9-17/h3-13,18H,1-2,14H2. The van der Waals surface area contributed by atoms with E-state index < -0.39 is 8.80 Å². The van der Waals surface area contributed by atoms with Crippen molar-refractivity contribution < 1.29 is 0 Å². The molecule has 0 amide bonds. The first-order valence-electron chi connectivity index (χ1n) is 6.22. The summed E-state index contributed by atoms with van der Waals surface area (Å²) < 4.78 is 0. The lowest BCUT2D eigenvalue weighted by atomic mass is 10.1. The van der Waals surface area contributed by atoms with Crippen LogP contribution in [0.3, 0.4) is 0 Å². The van der Waals surface area contributed by atoms with Crippen LogP contribution in [-0.4, -0.2) is 8.80 Å². The Hall–Kier alpha value is -1.86. The van der Waals surface area contributed by atoms with Crippen LogP contribution in [0.15, 0.2) is 73.5 Å². The molecular formula is C17H18Si. The molecular weight excluding hydrogens is 232 g/mol. The molecule has 0 aromatic heterocycles. The molecule has 0 aliphatic carbocycles. The fourth-order valence-electron chi connectivity index (χ4n) is 2.08. The van der Waals surface area contributed by atoms with E-state index in [4.69, 9.17) is 0 Å². The Morgan fingerprint density at radius 2 is 1.56 bits per heavy atom. The van der Waals surface area contributed by atoms with E-state index in [1.807, 2.05) is 6.08 Å². The Kier molecular flexibility index (Phi) is 4.32. The first-order valence-corrected chi connectivity index (χ1v) is 8.28. The summed E-state index contributed by atoms with van der Waals surface area (Å²) in [5.74, 6) is 0. The van der Waals surface area contributed by atoms with Gasteiger partial charge in [-0.15, -0.1) is 6.58 Å². The van der Waals surface area contributed by atoms with E-state index >= 15 is 0 Å². The molecule has 0 saturated heterocycles. The Morgan fingerprint density at radius 3 is 2.11 bits per heavy atom. The molecule has 2 aromatic rings. The molecule has 90 valence electrons. The van der Waals surface area contributed by atoms with Gasteiger partial charge in [0, 0.05) is 0 Å². The average molecular weight is 250 g/mol. The lowest BCUT2D eigenvalue weighted by Gasteiger charge is -2.11. The fourth-order valence-corrected chi connectivity index (χ4v) is 4.25. The van der Waals surface area contributed by atoms with E-state index in [0.717, 1.165) is 6.04 Å². The lowest BCUT2D eigenvalue weighted by molar-refractivity contribution is 1.37. The van der Waals surface area contributed by atoms with Crippen molar-refractivity contribution in [1.29, 1.82) is 0 Å². The summed E-state index contributed by atoms with van der Waals surface area (Å²) in [4.78, 5) is 0. The molecule has 0 aliphatic heterocycles. The number of hydrogen-bond donors (Lipinski definition) is 0. The molecule has 0 fully saturated rings. The summed E-state index contributed by atoms with van der Waals surface area (Å²) >= 11 is 0. The molecule has 18 heavy (non-hydrogen) atoms. The molecule has 2 aromatic carbocycles. The van der Waals surface area contributed by atoms with Crippen molar-refractivity contribution >= 4 is 20.1 Å². The summed E-state index contributed by atoms with van der Waals surface area (Å²) in [5.41, 5.74) is 4.73. The zero-order valence-electron chi connectivity index (χ0n) is 10.5. The molecule has 0 saturated carbocycles. The molecule has 0 nitrogen and oxygen atoms in total. The number of hydrogen-bond acceptors (Lipinski definition) is 0. The van der Waals surface area contributed by atoms with Gasteiger partial charge in [-0.1, -0.05) is 83.7 Å². The fraction of sp³-hybridized carbons (Fsp3) is 0.0588. The second-order valence-electron chi connectivity index (χ2n) is 4.40. The van der Waals surface area contributed by atoms with Crippen molar-refractivity contribution in [2.75, 3.05) is 0 Å². The second-order valence-corrected chi connectivity index (χ2v) is 7.16. The summed E-state index contributed by atoms with van der Waals surface area (Å²) in [6, 6.07) is 20.5. The second kappa shape index (κ2) is 6.17. The maximum atomic E-state index is 4.01. The van der Waals surface area contributed by atoms with Crippen LogP contribution in [-0.2, 0) is 6.04 Å². The van der Waals surface area contributed by atoms with Crippen LogP contribution >= 0.6 is 0 Å². The van der Waals surface area contributed by atoms with Gasteiger partial charge in [-0.05, 0) is 11.6 Å². The molecule has 2 rings (SSSR count). The normalized spacial score (nSPS) is 11.8. The van der Waals surface area contributed by atoms with Crippen LogP contribution in [0.5, 0.6) is 0 Å². The van der Waals surface area contributed by atoms with Crippen molar-refractivity contribution in [2.45, 2.75) is 6.04 Å². The van der Waals surface area contributed by atoms with Crippen LogP contribution in [0.2, 0.25) is 0 Å². The molecule has 0 N–H and O–H groups in total. The van der Waals surface area contributed by atoms with Crippen molar-refractivity contribution in [3.05, 3.63) is 84.6 Å². The first-order chi connectivity index (χ1) is 8.83. The van der Waals surface area contributed by atoms with Gasteiger partial charge < -0.3 is 0 Å². The zero-order chi connectivity index (χ0) is 12.8. The lowest BCUT2D eigenvalue weighted by Crippen LogP contribution is -2.30. The molecule has 0 aliphatic rings. The maximum absolute atomic E-state index is 4.01. The first kappa shape index (κ1) is 12.6. The van der Waals surface area contributed by atoms with Gasteiger partial charge in [-0.25, -0.2) is 0 Å². The Morgan fingerprint density at radius 1 is 0.889 bits per heavy atom. The number of benzene rings is 2. The third kappa shape index (κ3) is 3.08. The van der Waals surface area contributed by atoms with Gasteiger partial charge in [0.25, 0.3) is 0 Å². The highest BCUT2D eigenvalue weighted by Crippen LogP contribution is 2.08. The van der Waals surface area contributed by atoms with E-state index in [0.29, 0.717) is 0 Å². The quantitative estimate of drug-likeness (QED) is 0.715. The highest BCUT2D eigenvalue weighted by molar-refractivity contribution is 6.77. The minimum atomic E-state index is -1.08. The van der Waals surface area contributed by atoms with Crippen LogP contribution in [0.1, 0.15) is 11.1 Å². The SMILES string of the molecule is C=Cc1ccc(C[SiH](C=C)c2ccccc2)cc1. The Balaban J connectivity index is 2.15. The van der Waals surface area contributed by atoms with Crippen LogP contribution < -0.4 is 5.19 Å². The van der Waals surface area contributed by atoms with Gasteiger partial charge in [0.15, 0.2) is 0 Å². The van der Waals surface area contributed by atoms with Crippen LogP contribution in [0, 0.1) is 0 Å². The predicted octanol–water partition coefficient (Wildman–Crippen LogP) is 3.27. The van der Waals surface area contributed by atoms with Gasteiger partial charge in [0.05, 0.1) is 8.80 Å². The summed E-state index contributed by atoms with van der Waals surface area (Å²) in [6.45, 7) is 7.79. The molecule has 0 radical (unpaired) electrons. The van der Waals surface area contributed by atoms with E-state index in [-0.39, 0.29) is 0 Å². The smallest absolute Gasteiger partial charge is 0.0977 e. The molecule has 1 unspecified atom stereocenters. The van der Waals surface area contributed by atoms with Gasteiger partial charge in [-0.3, -0.25) is 0 Å². The van der Waals surface area contributed by atoms with E-state index in [1.165, 1.54) is 16.3 Å².